The number of rotatable bonds is 5. The van der Waals surface area contributed by atoms with Crippen LogP contribution in [0.5, 0.6) is 0 Å². The average molecular weight is 265 g/mol. The molecule has 8 nitrogen and oxygen atoms in total. The van der Waals surface area contributed by atoms with Gasteiger partial charge in [-0.05, 0) is 17.7 Å². The monoisotopic (exact) mass is 265 g/mol. The van der Waals surface area contributed by atoms with Gasteiger partial charge in [-0.1, -0.05) is 12.1 Å². The van der Waals surface area contributed by atoms with Gasteiger partial charge in [-0.25, -0.2) is 9.79 Å². The topological polar surface area (TPSA) is 146 Å². The predicted molar refractivity (Wildman–Crippen MR) is 69.3 cm³/mol. The number of hydrogen-bond donors (Lipinski definition) is 4. The van der Waals surface area contributed by atoms with Gasteiger partial charge < -0.3 is 27.3 Å². The SMILES string of the molecule is NC(=O)OCC(=O)NCc1ccc(N=C(N)N)cc1. The Morgan fingerprint density at radius 3 is 2.32 bits per heavy atom. The number of ether oxygens (including phenoxy) is 1. The van der Waals surface area contributed by atoms with Gasteiger partial charge in [0, 0.05) is 6.54 Å². The van der Waals surface area contributed by atoms with Crippen molar-refractivity contribution in [1.82, 2.24) is 5.32 Å². The first kappa shape index (κ1) is 14.3. The van der Waals surface area contributed by atoms with Gasteiger partial charge in [0.05, 0.1) is 5.69 Å². The zero-order chi connectivity index (χ0) is 14.3. The molecule has 0 aliphatic heterocycles. The van der Waals surface area contributed by atoms with E-state index in [1.807, 2.05) is 0 Å². The lowest BCUT2D eigenvalue weighted by Crippen LogP contribution is -2.29. The highest BCUT2D eigenvalue weighted by Crippen LogP contribution is 2.12. The van der Waals surface area contributed by atoms with E-state index in [2.05, 4.69) is 15.0 Å². The highest BCUT2D eigenvalue weighted by Gasteiger charge is 2.03. The third-order valence-corrected chi connectivity index (χ3v) is 2.03. The summed E-state index contributed by atoms with van der Waals surface area (Å²) in [6.45, 7) is -0.107. The van der Waals surface area contributed by atoms with Crippen molar-refractivity contribution in [3.63, 3.8) is 0 Å². The Morgan fingerprint density at radius 1 is 1.16 bits per heavy atom. The van der Waals surface area contributed by atoms with Crippen LogP contribution in [0.25, 0.3) is 0 Å². The standard InChI is InChI=1S/C11H15N5O3/c12-10(13)16-8-3-1-7(2-4-8)5-15-9(17)6-19-11(14)18/h1-4H,5-6H2,(H2,14,18)(H,15,17)(H4,12,13,16). The summed E-state index contributed by atoms with van der Waals surface area (Å²) < 4.78 is 4.34. The van der Waals surface area contributed by atoms with Crippen LogP contribution in [0.3, 0.4) is 0 Å². The number of nitrogens with zero attached hydrogens (tertiary/aromatic N) is 1. The first-order valence-electron chi connectivity index (χ1n) is 5.35. The minimum absolute atomic E-state index is 0.0235. The van der Waals surface area contributed by atoms with E-state index >= 15 is 0 Å². The molecule has 0 spiro atoms. The van der Waals surface area contributed by atoms with Crippen LogP contribution in [0.1, 0.15) is 5.56 Å². The Morgan fingerprint density at radius 2 is 1.79 bits per heavy atom. The molecule has 0 unspecified atom stereocenters. The molecule has 2 amide bonds. The van der Waals surface area contributed by atoms with Crippen LogP contribution >= 0.6 is 0 Å². The second kappa shape index (κ2) is 6.84. The lowest BCUT2D eigenvalue weighted by Gasteiger charge is -2.05. The van der Waals surface area contributed by atoms with E-state index in [0.29, 0.717) is 12.2 Å². The fraction of sp³-hybridized carbons (Fsp3) is 0.182. The van der Waals surface area contributed by atoms with Crippen molar-refractivity contribution >= 4 is 23.6 Å². The van der Waals surface area contributed by atoms with Gasteiger partial charge in [-0.3, -0.25) is 4.79 Å². The van der Waals surface area contributed by atoms with Gasteiger partial charge in [0.2, 0.25) is 0 Å². The van der Waals surface area contributed by atoms with Crippen LogP contribution < -0.4 is 22.5 Å². The van der Waals surface area contributed by atoms with E-state index in [-0.39, 0.29) is 5.96 Å². The summed E-state index contributed by atoms with van der Waals surface area (Å²) in [5.41, 5.74) is 16.7. The zero-order valence-corrected chi connectivity index (χ0v) is 10.1. The Hall–Kier alpha value is -2.77. The molecule has 0 aliphatic rings. The Kier molecular flexibility index (Phi) is 5.15. The molecule has 0 aliphatic carbocycles. The van der Waals surface area contributed by atoms with E-state index in [1.54, 1.807) is 24.3 Å². The van der Waals surface area contributed by atoms with Gasteiger partial charge in [0.15, 0.2) is 12.6 Å². The van der Waals surface area contributed by atoms with Gasteiger partial charge in [0.1, 0.15) is 0 Å². The first-order valence-corrected chi connectivity index (χ1v) is 5.35. The summed E-state index contributed by atoms with van der Waals surface area (Å²) in [5, 5.41) is 2.56. The number of benzene rings is 1. The normalized spacial score (nSPS) is 9.47. The maximum Gasteiger partial charge on any atom is 0.405 e. The highest BCUT2D eigenvalue weighted by molar-refractivity contribution is 5.80. The number of aliphatic imine (C=N–C) groups is 1. The van der Waals surface area contributed by atoms with Crippen molar-refractivity contribution in [2.75, 3.05) is 6.61 Å². The maximum absolute atomic E-state index is 11.2. The lowest BCUT2D eigenvalue weighted by molar-refractivity contribution is -0.124. The van der Waals surface area contributed by atoms with E-state index in [4.69, 9.17) is 17.2 Å². The van der Waals surface area contributed by atoms with Crippen molar-refractivity contribution in [1.29, 1.82) is 0 Å². The number of nitrogens with two attached hydrogens (primary N) is 3. The number of primary amides is 1. The second-order valence-electron chi connectivity index (χ2n) is 3.59. The van der Waals surface area contributed by atoms with Crippen molar-refractivity contribution in [3.05, 3.63) is 29.8 Å². The Labute approximate surface area is 109 Å². The minimum Gasteiger partial charge on any atom is -0.440 e. The minimum atomic E-state index is -0.989. The molecule has 1 aromatic rings. The molecular weight excluding hydrogens is 250 g/mol. The molecule has 19 heavy (non-hydrogen) atoms. The molecule has 0 heterocycles. The van der Waals surface area contributed by atoms with Gasteiger partial charge in [-0.15, -0.1) is 0 Å². The molecular formula is C11H15N5O3. The summed E-state index contributed by atoms with van der Waals surface area (Å²) in [6, 6.07) is 6.94. The summed E-state index contributed by atoms with van der Waals surface area (Å²) in [7, 11) is 0. The molecule has 0 radical (unpaired) electrons. The smallest absolute Gasteiger partial charge is 0.405 e. The molecule has 0 saturated heterocycles. The van der Waals surface area contributed by atoms with E-state index < -0.39 is 18.6 Å². The first-order chi connectivity index (χ1) is 8.97. The van der Waals surface area contributed by atoms with Crippen LogP contribution in [0.2, 0.25) is 0 Å². The molecule has 7 N–H and O–H groups in total. The summed E-state index contributed by atoms with van der Waals surface area (Å²) in [6.07, 6.45) is -0.989. The molecule has 0 bridgehead atoms. The molecule has 1 aromatic carbocycles. The quantitative estimate of drug-likeness (QED) is 0.411. The van der Waals surface area contributed by atoms with Crippen LogP contribution in [-0.4, -0.2) is 24.6 Å². The molecule has 0 saturated carbocycles. The van der Waals surface area contributed by atoms with E-state index in [1.165, 1.54) is 0 Å². The van der Waals surface area contributed by atoms with Crippen molar-refractivity contribution in [3.8, 4) is 0 Å². The largest absolute Gasteiger partial charge is 0.440 e. The summed E-state index contributed by atoms with van der Waals surface area (Å²) in [4.78, 5) is 25.4. The fourth-order valence-corrected chi connectivity index (χ4v) is 1.23. The Bertz CT molecular complexity index is 480. The van der Waals surface area contributed by atoms with E-state index in [0.717, 1.165) is 5.56 Å². The predicted octanol–water partition coefficient (Wildman–Crippen LogP) is -0.697. The number of carbonyl (C=O) groups excluding carboxylic acids is 2. The van der Waals surface area contributed by atoms with Crippen LogP contribution in [-0.2, 0) is 16.1 Å². The highest BCUT2D eigenvalue weighted by atomic mass is 16.5. The second-order valence-corrected chi connectivity index (χ2v) is 3.59. The summed E-state index contributed by atoms with van der Waals surface area (Å²) >= 11 is 0. The van der Waals surface area contributed by atoms with Crippen LogP contribution in [0, 0.1) is 0 Å². The number of carbonyl (C=O) groups is 2. The number of amides is 2. The molecule has 0 fully saturated rings. The fourth-order valence-electron chi connectivity index (χ4n) is 1.23. The number of nitrogens with one attached hydrogen (secondary N) is 1. The lowest BCUT2D eigenvalue weighted by atomic mass is 10.2. The van der Waals surface area contributed by atoms with Crippen LogP contribution in [0.15, 0.2) is 29.3 Å². The summed E-state index contributed by atoms with van der Waals surface area (Å²) in [5.74, 6) is -0.461. The third-order valence-electron chi connectivity index (χ3n) is 2.03. The number of hydrogen-bond acceptors (Lipinski definition) is 4. The molecule has 8 heteroatoms. The zero-order valence-electron chi connectivity index (χ0n) is 10.1. The van der Waals surface area contributed by atoms with Gasteiger partial charge in [-0.2, -0.15) is 0 Å². The van der Waals surface area contributed by atoms with Crippen molar-refractivity contribution in [2.24, 2.45) is 22.2 Å². The molecule has 0 atom stereocenters. The third kappa shape index (κ3) is 5.91. The van der Waals surface area contributed by atoms with Gasteiger partial charge >= 0.3 is 6.09 Å². The Balaban J connectivity index is 2.43. The maximum atomic E-state index is 11.2. The van der Waals surface area contributed by atoms with Gasteiger partial charge in [0.25, 0.3) is 5.91 Å². The average Bonchev–Trinajstić information content (AvgIpc) is 2.35. The molecule has 0 aromatic heterocycles. The molecule has 1 rings (SSSR count). The van der Waals surface area contributed by atoms with Crippen LogP contribution in [0.4, 0.5) is 10.5 Å². The van der Waals surface area contributed by atoms with Crippen molar-refractivity contribution < 1.29 is 14.3 Å². The molecule has 102 valence electrons. The van der Waals surface area contributed by atoms with E-state index in [9.17, 15) is 9.59 Å². The van der Waals surface area contributed by atoms with Crippen molar-refractivity contribution in [2.45, 2.75) is 6.54 Å². The number of guanidine groups is 1.